The molecule has 5 rings (SSSR count). The molecule has 1 fully saturated rings. The van der Waals surface area contributed by atoms with Gasteiger partial charge in [0.25, 0.3) is 5.91 Å². The van der Waals surface area contributed by atoms with E-state index in [1.54, 1.807) is 43.0 Å². The highest BCUT2D eigenvalue weighted by molar-refractivity contribution is 7.99. The molecular weight excluding hydrogens is 486 g/mol. The summed E-state index contributed by atoms with van der Waals surface area (Å²) in [7, 11) is 0. The topological polar surface area (TPSA) is 96.9 Å². The number of benzene rings is 3. The number of nitrogens with zero attached hydrogens (tertiary/aromatic N) is 1. The van der Waals surface area contributed by atoms with Crippen LogP contribution in [0.25, 0.3) is 0 Å². The lowest BCUT2D eigenvalue weighted by Crippen LogP contribution is -2.45. The van der Waals surface area contributed by atoms with Crippen molar-refractivity contribution in [3.63, 3.8) is 0 Å². The van der Waals surface area contributed by atoms with Gasteiger partial charge in [-0.25, -0.2) is 9.79 Å². The van der Waals surface area contributed by atoms with Crippen molar-refractivity contribution >= 4 is 40.9 Å². The number of esters is 1. The molecule has 1 saturated heterocycles. The zero-order valence-electron chi connectivity index (χ0n) is 20.5. The second-order valence-corrected chi connectivity index (χ2v) is 9.94. The van der Waals surface area contributed by atoms with Gasteiger partial charge < -0.3 is 15.4 Å². The summed E-state index contributed by atoms with van der Waals surface area (Å²) in [5, 5.41) is 5.74. The summed E-state index contributed by atoms with van der Waals surface area (Å²) in [5.74, 6) is -0.804. The molecule has 188 valence electrons. The van der Waals surface area contributed by atoms with Crippen LogP contribution in [0, 0.1) is 0 Å². The molecule has 37 heavy (non-hydrogen) atoms. The fraction of sp³-hybridized carbons (Fsp3) is 0.241. The summed E-state index contributed by atoms with van der Waals surface area (Å²) in [5.41, 5.74) is 4.15. The molecule has 3 aromatic rings. The van der Waals surface area contributed by atoms with Crippen molar-refractivity contribution in [2.75, 3.05) is 13.2 Å². The zero-order valence-corrected chi connectivity index (χ0v) is 21.3. The van der Waals surface area contributed by atoms with Crippen LogP contribution in [0.1, 0.15) is 58.0 Å². The van der Waals surface area contributed by atoms with Crippen molar-refractivity contribution in [2.24, 2.45) is 4.99 Å². The van der Waals surface area contributed by atoms with Crippen molar-refractivity contribution in [2.45, 2.75) is 42.0 Å². The third-order valence-electron chi connectivity index (χ3n) is 6.33. The van der Waals surface area contributed by atoms with E-state index in [-0.39, 0.29) is 17.8 Å². The molecule has 0 aromatic heterocycles. The van der Waals surface area contributed by atoms with Gasteiger partial charge in [0.1, 0.15) is 6.04 Å². The van der Waals surface area contributed by atoms with Crippen LogP contribution >= 0.6 is 11.8 Å². The number of amides is 2. The van der Waals surface area contributed by atoms with E-state index < -0.39 is 6.04 Å². The predicted molar refractivity (Wildman–Crippen MR) is 143 cm³/mol. The van der Waals surface area contributed by atoms with Gasteiger partial charge in [-0.2, -0.15) is 0 Å². The molecule has 3 aromatic carbocycles. The largest absolute Gasteiger partial charge is 0.462 e. The molecule has 1 atom stereocenters. The second kappa shape index (κ2) is 11.0. The van der Waals surface area contributed by atoms with Gasteiger partial charge in [0.15, 0.2) is 0 Å². The van der Waals surface area contributed by atoms with E-state index >= 15 is 0 Å². The van der Waals surface area contributed by atoms with Crippen molar-refractivity contribution in [1.29, 1.82) is 0 Å². The molecule has 0 spiro atoms. The van der Waals surface area contributed by atoms with Gasteiger partial charge >= 0.3 is 5.97 Å². The van der Waals surface area contributed by atoms with Crippen LogP contribution in [0.4, 0.5) is 5.69 Å². The molecular formula is C29H27N3O4S. The predicted octanol–water partition coefficient (Wildman–Crippen LogP) is 4.90. The summed E-state index contributed by atoms with van der Waals surface area (Å²) in [6.45, 7) is 2.73. The van der Waals surface area contributed by atoms with Gasteiger partial charge in [0.2, 0.25) is 5.91 Å². The normalized spacial score (nSPS) is 16.7. The Hall–Kier alpha value is -3.91. The molecule has 2 aliphatic heterocycles. The Bertz CT molecular complexity index is 1380. The molecule has 2 amide bonds. The van der Waals surface area contributed by atoms with E-state index in [2.05, 4.69) is 10.6 Å². The molecule has 0 radical (unpaired) electrons. The lowest BCUT2D eigenvalue weighted by Gasteiger charge is -2.15. The summed E-state index contributed by atoms with van der Waals surface area (Å²) < 4.78 is 5.10. The fourth-order valence-corrected chi connectivity index (χ4v) is 5.40. The Balaban J connectivity index is 1.49. The number of rotatable bonds is 5. The first kappa shape index (κ1) is 24.8. The molecule has 2 heterocycles. The van der Waals surface area contributed by atoms with E-state index in [0.717, 1.165) is 39.5 Å². The number of carbonyl (C=O) groups is 3. The van der Waals surface area contributed by atoms with Crippen LogP contribution in [0.5, 0.6) is 0 Å². The minimum absolute atomic E-state index is 0.141. The molecule has 2 aliphatic rings. The number of nitrogens with one attached hydrogen (secondary N) is 2. The average Bonchev–Trinajstić information content (AvgIpc) is 3.22. The van der Waals surface area contributed by atoms with Crippen molar-refractivity contribution < 1.29 is 19.1 Å². The molecule has 2 N–H and O–H groups in total. The quantitative estimate of drug-likeness (QED) is 0.370. The second-order valence-electron chi connectivity index (χ2n) is 8.85. The minimum atomic E-state index is -0.538. The smallest absolute Gasteiger partial charge is 0.338 e. The molecule has 0 aliphatic carbocycles. The van der Waals surface area contributed by atoms with Gasteiger partial charge in [-0.3, -0.25) is 9.59 Å². The van der Waals surface area contributed by atoms with Crippen molar-refractivity contribution in [3.8, 4) is 0 Å². The minimum Gasteiger partial charge on any atom is -0.462 e. The summed E-state index contributed by atoms with van der Waals surface area (Å²) >= 11 is 1.59. The first-order valence-corrected chi connectivity index (χ1v) is 13.2. The maximum absolute atomic E-state index is 13.1. The standard InChI is InChI=1S/C29H27N3O4S/c1-2-36-29(35)19-12-10-18(11-13-19)26-21-7-3-4-9-24(21)37-25-15-14-20(17-23(25)31-26)27(33)32-22-8-5-6-16-30-28(22)34/h3-4,7,9-15,17,22H,2,5-6,8,16H2,1H3,(H,30,34)(H,32,33). The Labute approximate surface area is 219 Å². The molecule has 0 bridgehead atoms. The van der Waals surface area contributed by atoms with Crippen LogP contribution in [-0.4, -0.2) is 42.7 Å². The highest BCUT2D eigenvalue weighted by Crippen LogP contribution is 2.41. The van der Waals surface area contributed by atoms with Crippen LogP contribution in [-0.2, 0) is 9.53 Å². The lowest BCUT2D eigenvalue weighted by molar-refractivity contribution is -0.122. The Morgan fingerprint density at radius 3 is 2.62 bits per heavy atom. The van der Waals surface area contributed by atoms with Crippen LogP contribution in [0.2, 0.25) is 0 Å². The van der Waals surface area contributed by atoms with Crippen molar-refractivity contribution in [1.82, 2.24) is 10.6 Å². The van der Waals surface area contributed by atoms with Gasteiger partial charge in [0.05, 0.1) is 23.6 Å². The van der Waals surface area contributed by atoms with E-state index in [4.69, 9.17) is 9.73 Å². The summed E-state index contributed by atoms with van der Waals surface area (Å²) in [6, 6.07) is 20.1. The van der Waals surface area contributed by atoms with E-state index in [1.165, 1.54) is 0 Å². The zero-order chi connectivity index (χ0) is 25.8. The number of hydrogen-bond donors (Lipinski definition) is 2. The fourth-order valence-electron chi connectivity index (χ4n) is 4.40. The highest BCUT2D eigenvalue weighted by atomic mass is 32.2. The average molecular weight is 514 g/mol. The van der Waals surface area contributed by atoms with Gasteiger partial charge in [-0.1, -0.05) is 42.1 Å². The number of aliphatic imine (C=N–C) groups is 1. The maximum Gasteiger partial charge on any atom is 0.338 e. The van der Waals surface area contributed by atoms with Gasteiger partial charge in [-0.05, 0) is 62.6 Å². The molecule has 7 nitrogen and oxygen atoms in total. The summed E-state index contributed by atoms with van der Waals surface area (Å²) in [6.07, 6.45) is 2.41. The lowest BCUT2D eigenvalue weighted by atomic mass is 10.0. The Morgan fingerprint density at radius 1 is 1.03 bits per heavy atom. The van der Waals surface area contributed by atoms with Crippen LogP contribution < -0.4 is 10.6 Å². The third-order valence-corrected chi connectivity index (χ3v) is 7.47. The van der Waals surface area contributed by atoms with E-state index in [9.17, 15) is 14.4 Å². The number of ether oxygens (including phenoxy) is 1. The highest BCUT2D eigenvalue weighted by Gasteiger charge is 2.24. The van der Waals surface area contributed by atoms with Crippen molar-refractivity contribution in [3.05, 3.63) is 89.0 Å². The van der Waals surface area contributed by atoms with E-state index in [1.807, 2.05) is 42.5 Å². The first-order valence-electron chi connectivity index (χ1n) is 12.4. The monoisotopic (exact) mass is 513 g/mol. The molecule has 8 heteroatoms. The van der Waals surface area contributed by atoms with Crippen LogP contribution in [0.15, 0.2) is 81.5 Å². The molecule has 0 saturated carbocycles. The number of hydrogen-bond acceptors (Lipinski definition) is 6. The number of carbonyl (C=O) groups excluding carboxylic acids is 3. The van der Waals surface area contributed by atoms with Gasteiger partial charge in [0, 0.05) is 33.0 Å². The Morgan fingerprint density at radius 2 is 1.81 bits per heavy atom. The van der Waals surface area contributed by atoms with Gasteiger partial charge in [-0.15, -0.1) is 0 Å². The SMILES string of the molecule is CCOC(=O)c1ccc(C2=Nc3cc(C(=O)NC4CCCCNC4=O)ccc3Sc3ccccc32)cc1. The van der Waals surface area contributed by atoms with E-state index in [0.29, 0.717) is 36.4 Å². The maximum atomic E-state index is 13.1. The summed E-state index contributed by atoms with van der Waals surface area (Å²) in [4.78, 5) is 44.5. The molecule has 1 unspecified atom stereocenters. The first-order chi connectivity index (χ1) is 18.0. The Kier molecular flexibility index (Phi) is 7.37. The number of fused-ring (bicyclic) bond motifs is 2. The van der Waals surface area contributed by atoms with Crippen LogP contribution in [0.3, 0.4) is 0 Å². The third kappa shape index (κ3) is 5.44.